The van der Waals surface area contributed by atoms with Crippen LogP contribution in [0.5, 0.6) is 0 Å². The zero-order valence-corrected chi connectivity index (χ0v) is 11.8. The minimum Gasteiger partial charge on any atom is -0.326 e. The summed E-state index contributed by atoms with van der Waals surface area (Å²) in [6.45, 7) is 3.08. The van der Waals surface area contributed by atoms with Crippen molar-refractivity contribution in [2.75, 3.05) is 0 Å². The van der Waals surface area contributed by atoms with E-state index in [4.69, 9.17) is 11.6 Å². The van der Waals surface area contributed by atoms with Gasteiger partial charge in [0.05, 0.1) is 18.1 Å². The van der Waals surface area contributed by atoms with Gasteiger partial charge in [-0.25, -0.2) is 4.98 Å². The first-order valence-electron chi connectivity index (χ1n) is 6.73. The number of hydrogen-bond donors (Lipinski definition) is 1. The third kappa shape index (κ3) is 2.99. The molecule has 100 valence electrons. The molecule has 1 aromatic carbocycles. The number of aromatic nitrogens is 2. The van der Waals surface area contributed by atoms with E-state index in [-0.39, 0.29) is 6.04 Å². The molecule has 1 saturated carbocycles. The summed E-state index contributed by atoms with van der Waals surface area (Å²) < 4.78 is 2.22. The molecule has 1 aliphatic rings. The van der Waals surface area contributed by atoms with Gasteiger partial charge in [-0.15, -0.1) is 0 Å². The van der Waals surface area contributed by atoms with Crippen molar-refractivity contribution in [2.45, 2.75) is 38.4 Å². The lowest BCUT2D eigenvalue weighted by Gasteiger charge is -2.17. The Morgan fingerprint density at radius 3 is 2.79 bits per heavy atom. The van der Waals surface area contributed by atoms with Crippen molar-refractivity contribution in [1.29, 1.82) is 0 Å². The fraction of sp³-hybridized carbons (Fsp3) is 0.400. The Morgan fingerprint density at radius 2 is 2.11 bits per heavy atom. The normalized spacial score (nSPS) is 16.5. The Balaban J connectivity index is 1.76. The van der Waals surface area contributed by atoms with Crippen molar-refractivity contribution in [3.8, 4) is 0 Å². The summed E-state index contributed by atoms with van der Waals surface area (Å²) >= 11 is 5.93. The molecule has 19 heavy (non-hydrogen) atoms. The molecule has 4 heteroatoms. The average molecular weight is 276 g/mol. The summed E-state index contributed by atoms with van der Waals surface area (Å²) in [5.41, 5.74) is 2.48. The molecule has 3 nitrogen and oxygen atoms in total. The molecule has 1 unspecified atom stereocenters. The van der Waals surface area contributed by atoms with Gasteiger partial charge in [0.2, 0.25) is 0 Å². The van der Waals surface area contributed by atoms with Gasteiger partial charge in [-0.1, -0.05) is 23.7 Å². The molecule has 1 N–H and O–H groups in total. The lowest BCUT2D eigenvalue weighted by atomic mass is 10.1. The second-order valence-corrected chi connectivity index (χ2v) is 5.61. The largest absolute Gasteiger partial charge is 0.326 e. The van der Waals surface area contributed by atoms with E-state index in [1.165, 1.54) is 24.1 Å². The summed E-state index contributed by atoms with van der Waals surface area (Å²) in [5.74, 6) is 0. The van der Waals surface area contributed by atoms with Gasteiger partial charge in [-0.05, 0) is 37.5 Å². The zero-order chi connectivity index (χ0) is 13.2. The maximum atomic E-state index is 5.93. The molecular formula is C15H18ClN3. The first-order valence-corrected chi connectivity index (χ1v) is 7.11. The topological polar surface area (TPSA) is 29.9 Å². The molecule has 1 aliphatic carbocycles. The molecule has 0 bridgehead atoms. The fourth-order valence-electron chi connectivity index (χ4n) is 2.26. The minimum absolute atomic E-state index is 0.274. The third-order valence-electron chi connectivity index (χ3n) is 3.67. The first-order chi connectivity index (χ1) is 9.24. The molecule has 0 aliphatic heterocycles. The SMILES string of the molecule is CC(c1ccc(Cl)cc1)n1cncc1CNC1CC1. The number of rotatable bonds is 5. The zero-order valence-electron chi connectivity index (χ0n) is 11.0. The van der Waals surface area contributed by atoms with Gasteiger partial charge in [0.15, 0.2) is 0 Å². The van der Waals surface area contributed by atoms with Crippen molar-refractivity contribution >= 4 is 11.6 Å². The highest BCUT2D eigenvalue weighted by Gasteiger charge is 2.21. The molecule has 1 fully saturated rings. The molecule has 0 saturated heterocycles. The Kier molecular flexibility index (Phi) is 3.58. The Hall–Kier alpha value is -1.32. The van der Waals surface area contributed by atoms with E-state index in [0.29, 0.717) is 6.04 Å². The number of nitrogens with zero attached hydrogens (tertiary/aromatic N) is 2. The van der Waals surface area contributed by atoms with Crippen LogP contribution in [-0.2, 0) is 6.54 Å². The van der Waals surface area contributed by atoms with Gasteiger partial charge in [0, 0.05) is 23.8 Å². The Labute approximate surface area is 118 Å². The van der Waals surface area contributed by atoms with Crippen molar-refractivity contribution < 1.29 is 0 Å². The summed E-state index contributed by atoms with van der Waals surface area (Å²) in [5, 5.41) is 4.31. The van der Waals surface area contributed by atoms with Crippen LogP contribution < -0.4 is 5.32 Å². The van der Waals surface area contributed by atoms with Crippen molar-refractivity contribution in [2.24, 2.45) is 0 Å². The van der Waals surface area contributed by atoms with Crippen LogP contribution in [0.3, 0.4) is 0 Å². The quantitative estimate of drug-likeness (QED) is 0.906. The second kappa shape index (κ2) is 5.35. The van der Waals surface area contributed by atoms with Gasteiger partial charge in [-0.2, -0.15) is 0 Å². The molecule has 1 atom stereocenters. The van der Waals surface area contributed by atoms with Crippen LogP contribution in [0.25, 0.3) is 0 Å². The molecule has 0 radical (unpaired) electrons. The standard InChI is InChI=1S/C15H18ClN3/c1-11(12-2-4-13(16)5-3-12)19-10-17-8-15(19)9-18-14-6-7-14/h2-5,8,10-11,14,18H,6-7,9H2,1H3. The van der Waals surface area contributed by atoms with Crippen molar-refractivity contribution in [3.63, 3.8) is 0 Å². The Morgan fingerprint density at radius 1 is 1.37 bits per heavy atom. The molecule has 3 rings (SSSR count). The summed E-state index contributed by atoms with van der Waals surface area (Å²) in [7, 11) is 0. The minimum atomic E-state index is 0.274. The molecule has 1 heterocycles. The van der Waals surface area contributed by atoms with E-state index in [1.807, 2.05) is 24.7 Å². The summed E-state index contributed by atoms with van der Waals surface area (Å²) in [6, 6.07) is 9.01. The van der Waals surface area contributed by atoms with Crippen molar-refractivity contribution in [1.82, 2.24) is 14.9 Å². The maximum Gasteiger partial charge on any atom is 0.0954 e. The highest BCUT2D eigenvalue weighted by Crippen LogP contribution is 2.23. The molecule has 1 aromatic heterocycles. The van der Waals surface area contributed by atoms with E-state index in [9.17, 15) is 0 Å². The van der Waals surface area contributed by atoms with Gasteiger partial charge >= 0.3 is 0 Å². The predicted octanol–water partition coefficient (Wildman–Crippen LogP) is 3.40. The number of imidazole rings is 1. The predicted molar refractivity (Wildman–Crippen MR) is 77.4 cm³/mol. The van der Waals surface area contributed by atoms with Crippen molar-refractivity contribution in [3.05, 3.63) is 53.1 Å². The van der Waals surface area contributed by atoms with E-state index < -0.39 is 0 Å². The second-order valence-electron chi connectivity index (χ2n) is 5.17. The van der Waals surface area contributed by atoms with Crippen LogP contribution in [0.15, 0.2) is 36.8 Å². The molecule has 0 spiro atoms. The van der Waals surface area contributed by atoms with Crippen LogP contribution >= 0.6 is 11.6 Å². The van der Waals surface area contributed by atoms with E-state index >= 15 is 0 Å². The highest BCUT2D eigenvalue weighted by atomic mass is 35.5. The number of halogens is 1. The fourth-order valence-corrected chi connectivity index (χ4v) is 2.38. The van der Waals surface area contributed by atoms with Crippen LogP contribution in [0, 0.1) is 0 Å². The van der Waals surface area contributed by atoms with Crippen LogP contribution in [0.2, 0.25) is 5.02 Å². The van der Waals surface area contributed by atoms with E-state index in [2.05, 4.69) is 33.9 Å². The number of nitrogens with one attached hydrogen (secondary N) is 1. The van der Waals surface area contributed by atoms with Gasteiger partial charge in [0.25, 0.3) is 0 Å². The smallest absolute Gasteiger partial charge is 0.0954 e. The van der Waals surface area contributed by atoms with Gasteiger partial charge < -0.3 is 9.88 Å². The molecule has 2 aromatic rings. The summed E-state index contributed by atoms with van der Waals surface area (Å²) in [6.07, 6.45) is 6.47. The van der Waals surface area contributed by atoms with Gasteiger partial charge in [-0.3, -0.25) is 0 Å². The first kappa shape index (κ1) is 12.7. The van der Waals surface area contributed by atoms with Crippen LogP contribution in [0.1, 0.15) is 37.1 Å². The molecule has 0 amide bonds. The monoisotopic (exact) mass is 275 g/mol. The maximum absolute atomic E-state index is 5.93. The number of benzene rings is 1. The van der Waals surface area contributed by atoms with E-state index in [1.54, 1.807) is 0 Å². The highest BCUT2D eigenvalue weighted by molar-refractivity contribution is 6.30. The van der Waals surface area contributed by atoms with Crippen LogP contribution in [0.4, 0.5) is 0 Å². The lowest BCUT2D eigenvalue weighted by Crippen LogP contribution is -2.19. The van der Waals surface area contributed by atoms with Crippen LogP contribution in [-0.4, -0.2) is 15.6 Å². The number of hydrogen-bond acceptors (Lipinski definition) is 2. The summed E-state index contributed by atoms with van der Waals surface area (Å²) in [4.78, 5) is 4.28. The Bertz CT molecular complexity index is 543. The van der Waals surface area contributed by atoms with Gasteiger partial charge in [0.1, 0.15) is 0 Å². The molecular weight excluding hydrogens is 258 g/mol. The lowest BCUT2D eigenvalue weighted by molar-refractivity contribution is 0.574. The average Bonchev–Trinajstić information content (AvgIpc) is 3.13. The third-order valence-corrected chi connectivity index (χ3v) is 3.92. The van der Waals surface area contributed by atoms with E-state index in [0.717, 1.165) is 11.6 Å².